The first-order valence-electron chi connectivity index (χ1n) is 6.91. The first kappa shape index (κ1) is 15.9. The van der Waals surface area contributed by atoms with Crippen molar-refractivity contribution in [2.75, 3.05) is 0 Å². The number of nitrogens with zero attached hydrogens (tertiary/aromatic N) is 2. The van der Waals surface area contributed by atoms with Crippen LogP contribution in [0.2, 0.25) is 0 Å². The van der Waals surface area contributed by atoms with Gasteiger partial charge in [0.05, 0.1) is 5.69 Å². The number of unbranched alkanes of at least 4 members (excludes halogenated alkanes) is 6. The standard InChI is InChI=1S/C14H21F3N2/c15-14(16,17)11-7-5-3-1-2-4-6-9-13-10-8-12-18-19-13/h8,10,12H,1-7,9,11H2. The lowest BCUT2D eigenvalue weighted by Crippen LogP contribution is -2.06. The Morgan fingerprint density at radius 3 is 2.11 bits per heavy atom. The lowest BCUT2D eigenvalue weighted by Gasteiger charge is -2.05. The van der Waals surface area contributed by atoms with Crippen LogP contribution >= 0.6 is 0 Å². The Hall–Kier alpha value is -1.13. The van der Waals surface area contributed by atoms with E-state index >= 15 is 0 Å². The predicted molar refractivity (Wildman–Crippen MR) is 68.7 cm³/mol. The van der Waals surface area contributed by atoms with Crippen molar-refractivity contribution < 1.29 is 13.2 Å². The van der Waals surface area contributed by atoms with Crippen molar-refractivity contribution in [2.24, 2.45) is 0 Å². The normalized spacial score (nSPS) is 11.7. The summed E-state index contributed by atoms with van der Waals surface area (Å²) in [7, 11) is 0. The van der Waals surface area contributed by atoms with Crippen LogP contribution < -0.4 is 0 Å². The van der Waals surface area contributed by atoms with Gasteiger partial charge < -0.3 is 0 Å². The van der Waals surface area contributed by atoms with Gasteiger partial charge in [-0.3, -0.25) is 0 Å². The van der Waals surface area contributed by atoms with Crippen LogP contribution in [0.15, 0.2) is 18.3 Å². The summed E-state index contributed by atoms with van der Waals surface area (Å²) in [6.07, 6.45) is 4.11. The molecule has 0 spiro atoms. The van der Waals surface area contributed by atoms with Gasteiger partial charge in [-0.05, 0) is 31.4 Å². The molecule has 0 saturated heterocycles. The predicted octanol–water partition coefficient (Wildman–Crippen LogP) is 4.70. The molecule has 2 nitrogen and oxygen atoms in total. The smallest absolute Gasteiger partial charge is 0.171 e. The Kier molecular flexibility index (Phi) is 7.45. The summed E-state index contributed by atoms with van der Waals surface area (Å²) in [5.41, 5.74) is 1.01. The fourth-order valence-electron chi connectivity index (χ4n) is 1.98. The topological polar surface area (TPSA) is 25.8 Å². The van der Waals surface area contributed by atoms with E-state index in [1.54, 1.807) is 6.20 Å². The van der Waals surface area contributed by atoms with Crippen molar-refractivity contribution in [3.63, 3.8) is 0 Å². The molecular formula is C14H21F3N2. The van der Waals surface area contributed by atoms with Crippen LogP contribution in [0.4, 0.5) is 13.2 Å². The fraction of sp³-hybridized carbons (Fsp3) is 0.714. The molecule has 0 aliphatic carbocycles. The van der Waals surface area contributed by atoms with E-state index in [-0.39, 0.29) is 6.42 Å². The second-order valence-electron chi connectivity index (χ2n) is 4.81. The minimum Gasteiger partial charge on any atom is -0.171 e. The van der Waals surface area contributed by atoms with E-state index in [1.807, 2.05) is 12.1 Å². The third kappa shape index (κ3) is 9.45. The summed E-state index contributed by atoms with van der Waals surface area (Å²) in [5.74, 6) is 0. The molecule has 19 heavy (non-hydrogen) atoms. The van der Waals surface area contributed by atoms with Crippen molar-refractivity contribution in [1.29, 1.82) is 0 Å². The molecule has 0 amide bonds. The molecule has 0 bridgehead atoms. The van der Waals surface area contributed by atoms with Crippen LogP contribution in [-0.4, -0.2) is 16.4 Å². The molecule has 1 aromatic heterocycles. The first-order valence-corrected chi connectivity index (χ1v) is 6.91. The molecule has 5 heteroatoms. The Balaban J connectivity index is 1.87. The maximum absolute atomic E-state index is 11.9. The number of alkyl halides is 3. The van der Waals surface area contributed by atoms with Crippen molar-refractivity contribution >= 4 is 0 Å². The van der Waals surface area contributed by atoms with Gasteiger partial charge in [0.25, 0.3) is 0 Å². The third-order valence-corrected chi connectivity index (χ3v) is 3.02. The molecule has 0 unspecified atom stereocenters. The van der Waals surface area contributed by atoms with Crippen LogP contribution in [0.5, 0.6) is 0 Å². The molecule has 0 N–H and O–H groups in total. The fourth-order valence-corrected chi connectivity index (χ4v) is 1.98. The molecule has 1 heterocycles. The van der Waals surface area contributed by atoms with E-state index in [1.165, 1.54) is 0 Å². The van der Waals surface area contributed by atoms with Crippen molar-refractivity contribution in [2.45, 2.75) is 64.0 Å². The number of halogens is 3. The van der Waals surface area contributed by atoms with Gasteiger partial charge in [0.2, 0.25) is 0 Å². The molecule has 1 rings (SSSR count). The Labute approximate surface area is 112 Å². The molecule has 0 radical (unpaired) electrons. The monoisotopic (exact) mass is 274 g/mol. The highest BCUT2D eigenvalue weighted by atomic mass is 19.4. The van der Waals surface area contributed by atoms with E-state index in [4.69, 9.17) is 0 Å². The van der Waals surface area contributed by atoms with Crippen molar-refractivity contribution in [1.82, 2.24) is 10.2 Å². The zero-order chi connectivity index (χ0) is 14.0. The number of rotatable bonds is 9. The van der Waals surface area contributed by atoms with E-state index in [9.17, 15) is 13.2 Å². The SMILES string of the molecule is FC(F)(F)CCCCCCCCCc1cccnn1. The molecule has 108 valence electrons. The van der Waals surface area contributed by atoms with Crippen LogP contribution in [0.25, 0.3) is 0 Å². The summed E-state index contributed by atoms with van der Waals surface area (Å²) < 4.78 is 35.6. The highest BCUT2D eigenvalue weighted by Gasteiger charge is 2.25. The van der Waals surface area contributed by atoms with Crippen molar-refractivity contribution in [3.05, 3.63) is 24.0 Å². The van der Waals surface area contributed by atoms with Gasteiger partial charge in [0.15, 0.2) is 0 Å². The minimum absolute atomic E-state index is 0.267. The number of aromatic nitrogens is 2. The molecule has 0 aromatic carbocycles. The molecule has 1 aromatic rings. The average Bonchev–Trinajstić information content (AvgIpc) is 2.37. The second kappa shape index (κ2) is 8.88. The van der Waals surface area contributed by atoms with Gasteiger partial charge >= 0.3 is 6.18 Å². The second-order valence-corrected chi connectivity index (χ2v) is 4.81. The van der Waals surface area contributed by atoms with Gasteiger partial charge in [-0.1, -0.05) is 32.1 Å². The maximum atomic E-state index is 11.9. The number of aryl methyl sites for hydroxylation is 1. The maximum Gasteiger partial charge on any atom is 0.389 e. The van der Waals surface area contributed by atoms with Crippen LogP contribution in [-0.2, 0) is 6.42 Å². The Morgan fingerprint density at radius 2 is 1.53 bits per heavy atom. The molecule has 0 fully saturated rings. The van der Waals surface area contributed by atoms with E-state index in [0.717, 1.165) is 44.2 Å². The van der Waals surface area contributed by atoms with Crippen LogP contribution in [0, 0.1) is 0 Å². The molecule has 0 saturated carbocycles. The van der Waals surface area contributed by atoms with E-state index in [2.05, 4.69) is 10.2 Å². The summed E-state index contributed by atoms with van der Waals surface area (Å²) >= 11 is 0. The van der Waals surface area contributed by atoms with E-state index in [0.29, 0.717) is 6.42 Å². The van der Waals surface area contributed by atoms with Gasteiger partial charge in [-0.2, -0.15) is 23.4 Å². The zero-order valence-corrected chi connectivity index (χ0v) is 11.1. The lowest BCUT2D eigenvalue weighted by molar-refractivity contribution is -0.135. The quantitative estimate of drug-likeness (QED) is 0.610. The Morgan fingerprint density at radius 1 is 0.895 bits per heavy atom. The summed E-state index contributed by atoms with van der Waals surface area (Å²) in [6.45, 7) is 0. The summed E-state index contributed by atoms with van der Waals surface area (Å²) in [4.78, 5) is 0. The largest absolute Gasteiger partial charge is 0.389 e. The first-order chi connectivity index (χ1) is 9.08. The minimum atomic E-state index is -3.99. The molecule has 0 atom stereocenters. The molecule has 0 aliphatic heterocycles. The van der Waals surface area contributed by atoms with E-state index < -0.39 is 12.6 Å². The van der Waals surface area contributed by atoms with Gasteiger partial charge in [-0.25, -0.2) is 0 Å². The number of hydrogen-bond acceptors (Lipinski definition) is 2. The lowest BCUT2D eigenvalue weighted by atomic mass is 10.1. The van der Waals surface area contributed by atoms with Crippen LogP contribution in [0.3, 0.4) is 0 Å². The van der Waals surface area contributed by atoms with Gasteiger partial charge in [-0.15, -0.1) is 0 Å². The molecule has 0 aliphatic rings. The average molecular weight is 274 g/mol. The third-order valence-electron chi connectivity index (χ3n) is 3.02. The summed E-state index contributed by atoms with van der Waals surface area (Å²) in [6, 6.07) is 3.84. The van der Waals surface area contributed by atoms with Crippen molar-refractivity contribution in [3.8, 4) is 0 Å². The zero-order valence-electron chi connectivity index (χ0n) is 11.1. The molecular weight excluding hydrogens is 253 g/mol. The number of hydrogen-bond donors (Lipinski definition) is 0. The van der Waals surface area contributed by atoms with Gasteiger partial charge in [0, 0.05) is 12.6 Å². The van der Waals surface area contributed by atoms with Gasteiger partial charge in [0.1, 0.15) is 0 Å². The summed E-state index contributed by atoms with van der Waals surface area (Å²) in [5, 5.41) is 7.81. The highest BCUT2D eigenvalue weighted by Crippen LogP contribution is 2.23. The highest BCUT2D eigenvalue weighted by molar-refractivity contribution is 4.98. The Bertz CT molecular complexity index is 325. The van der Waals surface area contributed by atoms with Crippen LogP contribution in [0.1, 0.15) is 57.1 Å².